The molecule has 1 amide bonds. The first-order valence-corrected chi connectivity index (χ1v) is 11.6. The molecule has 5 aromatic rings. The van der Waals surface area contributed by atoms with Crippen LogP contribution in [0.1, 0.15) is 29.4 Å². The molecule has 1 unspecified atom stereocenters. The van der Waals surface area contributed by atoms with Crippen molar-refractivity contribution in [2.75, 3.05) is 11.1 Å². The first-order chi connectivity index (χ1) is 18.1. The number of aromatic nitrogens is 6. The quantitative estimate of drug-likeness (QED) is 0.317. The Labute approximate surface area is 218 Å². The molecule has 0 radical (unpaired) electrons. The number of hydrogen-bond donors (Lipinski definition) is 3. The van der Waals surface area contributed by atoms with Crippen molar-refractivity contribution in [2.24, 2.45) is 0 Å². The number of benzene rings is 1. The number of aromatic hydroxyl groups is 1. The molecule has 0 saturated heterocycles. The third-order valence-electron chi connectivity index (χ3n) is 6.51. The molecular weight excluding hydrogens is 518 g/mol. The Balaban J connectivity index is 1.47. The maximum absolute atomic E-state index is 14.4. The fourth-order valence-corrected chi connectivity index (χ4v) is 4.65. The molecule has 38 heavy (non-hydrogen) atoms. The second kappa shape index (κ2) is 8.42. The highest BCUT2D eigenvalue weighted by Crippen LogP contribution is 2.45. The van der Waals surface area contributed by atoms with Gasteiger partial charge < -0.3 is 20.6 Å². The Kier molecular flexibility index (Phi) is 5.24. The largest absolute Gasteiger partial charge is 0.506 e. The molecule has 1 atom stereocenters. The van der Waals surface area contributed by atoms with Crippen LogP contribution in [0.4, 0.5) is 20.4 Å². The van der Waals surface area contributed by atoms with Crippen molar-refractivity contribution in [3.05, 3.63) is 88.2 Å². The van der Waals surface area contributed by atoms with Crippen molar-refractivity contribution in [1.29, 1.82) is 0 Å². The highest BCUT2D eigenvalue weighted by atomic mass is 35.5. The standard InChI is InChI=1S/C25H17ClF2N8O2/c1-25(18-8-17(37)13(26)9-31-18)19-20(29)33-21(34-22(19)35-24(25)38)16-10-36-5-4-30-23(36)15(32-16)7-11-6-12(27)2-3-14(11)28/h2-6,8-10H,7H2,1H3,(H,31,37)(H3,29,33,34,35,38). The summed E-state index contributed by atoms with van der Waals surface area (Å²) in [6, 6.07) is 4.48. The molecule has 0 aliphatic carbocycles. The molecule has 5 heterocycles. The highest BCUT2D eigenvalue weighted by Gasteiger charge is 2.49. The van der Waals surface area contributed by atoms with Crippen LogP contribution in [0.25, 0.3) is 17.2 Å². The lowest BCUT2D eigenvalue weighted by atomic mass is 9.80. The van der Waals surface area contributed by atoms with E-state index in [2.05, 4.69) is 30.2 Å². The predicted molar refractivity (Wildman–Crippen MR) is 134 cm³/mol. The van der Waals surface area contributed by atoms with Gasteiger partial charge in [-0.15, -0.1) is 0 Å². The lowest BCUT2D eigenvalue weighted by molar-refractivity contribution is -0.119. The molecular formula is C25H17ClF2N8O2. The number of rotatable bonds is 4. The van der Waals surface area contributed by atoms with Gasteiger partial charge in [-0.3, -0.25) is 9.78 Å². The number of carbonyl (C=O) groups excluding carboxylic acids is 1. The van der Waals surface area contributed by atoms with Crippen molar-refractivity contribution in [2.45, 2.75) is 18.8 Å². The lowest BCUT2D eigenvalue weighted by Crippen LogP contribution is -2.33. The van der Waals surface area contributed by atoms with E-state index in [-0.39, 0.29) is 57.2 Å². The second-order valence-electron chi connectivity index (χ2n) is 8.90. The highest BCUT2D eigenvalue weighted by molar-refractivity contribution is 6.31. The van der Waals surface area contributed by atoms with Crippen LogP contribution >= 0.6 is 11.6 Å². The average Bonchev–Trinajstić information content (AvgIpc) is 3.46. The molecule has 13 heteroatoms. The smallest absolute Gasteiger partial charge is 0.242 e. The zero-order chi connectivity index (χ0) is 26.8. The SMILES string of the molecule is CC1(c2cc(O)c(Cl)cn2)C(=O)Nc2nc(-c3cn4ccnc4c(Cc4cc(F)ccc4F)n3)nc(N)c21. The van der Waals surface area contributed by atoms with E-state index in [9.17, 15) is 18.7 Å². The average molecular weight is 535 g/mol. The topological polar surface area (TPSA) is 144 Å². The van der Waals surface area contributed by atoms with Gasteiger partial charge in [-0.1, -0.05) is 11.6 Å². The van der Waals surface area contributed by atoms with Crippen LogP contribution in [0.2, 0.25) is 5.02 Å². The summed E-state index contributed by atoms with van der Waals surface area (Å²) in [4.78, 5) is 35.1. The minimum atomic E-state index is -1.40. The molecule has 1 aliphatic rings. The molecule has 4 aromatic heterocycles. The summed E-state index contributed by atoms with van der Waals surface area (Å²) in [6.07, 6.45) is 6.02. The van der Waals surface area contributed by atoms with E-state index in [0.29, 0.717) is 11.3 Å². The monoisotopic (exact) mass is 534 g/mol. The number of fused-ring (bicyclic) bond motifs is 2. The molecule has 1 aromatic carbocycles. The number of amides is 1. The summed E-state index contributed by atoms with van der Waals surface area (Å²) in [7, 11) is 0. The van der Waals surface area contributed by atoms with Gasteiger partial charge in [0.2, 0.25) is 5.91 Å². The second-order valence-corrected chi connectivity index (χ2v) is 9.31. The van der Waals surface area contributed by atoms with Gasteiger partial charge >= 0.3 is 0 Å². The van der Waals surface area contributed by atoms with E-state index in [1.54, 1.807) is 29.9 Å². The number of hydrogen-bond acceptors (Lipinski definition) is 8. The first-order valence-electron chi connectivity index (χ1n) is 11.3. The Hall–Kier alpha value is -4.71. The van der Waals surface area contributed by atoms with Gasteiger partial charge in [-0.2, -0.15) is 0 Å². The predicted octanol–water partition coefficient (Wildman–Crippen LogP) is 3.65. The number of pyridine rings is 1. The number of nitrogens with one attached hydrogen (secondary N) is 1. The normalized spacial score (nSPS) is 16.6. The Morgan fingerprint density at radius 2 is 2.00 bits per heavy atom. The maximum atomic E-state index is 14.4. The molecule has 10 nitrogen and oxygen atoms in total. The van der Waals surface area contributed by atoms with Gasteiger partial charge in [0.1, 0.15) is 45.2 Å². The Morgan fingerprint density at radius 1 is 1.18 bits per heavy atom. The van der Waals surface area contributed by atoms with Crippen LogP contribution in [-0.2, 0) is 16.6 Å². The number of nitrogens with zero attached hydrogens (tertiary/aromatic N) is 6. The summed E-state index contributed by atoms with van der Waals surface area (Å²) in [5.41, 5.74) is 6.61. The lowest BCUT2D eigenvalue weighted by Gasteiger charge is -2.22. The van der Waals surface area contributed by atoms with Crippen molar-refractivity contribution >= 4 is 34.8 Å². The molecule has 190 valence electrons. The maximum Gasteiger partial charge on any atom is 0.242 e. The number of imidazole rings is 1. The number of halogens is 3. The number of nitrogen functional groups attached to an aromatic ring is 1. The molecule has 0 fully saturated rings. The van der Waals surface area contributed by atoms with Crippen molar-refractivity contribution in [1.82, 2.24) is 29.3 Å². The summed E-state index contributed by atoms with van der Waals surface area (Å²) in [5.74, 6) is -1.63. The summed E-state index contributed by atoms with van der Waals surface area (Å²) >= 11 is 5.89. The van der Waals surface area contributed by atoms with E-state index < -0.39 is 23.0 Å². The number of carbonyl (C=O) groups is 1. The molecule has 0 saturated carbocycles. The van der Waals surface area contributed by atoms with Crippen molar-refractivity contribution < 1.29 is 18.7 Å². The van der Waals surface area contributed by atoms with Gasteiger partial charge in [0.15, 0.2) is 11.5 Å². The molecule has 0 spiro atoms. The van der Waals surface area contributed by atoms with Crippen LogP contribution in [0.3, 0.4) is 0 Å². The number of anilines is 2. The van der Waals surface area contributed by atoms with Crippen LogP contribution in [0.15, 0.2) is 49.1 Å². The zero-order valence-corrected chi connectivity index (χ0v) is 20.3. The summed E-state index contributed by atoms with van der Waals surface area (Å²) < 4.78 is 29.8. The van der Waals surface area contributed by atoms with Crippen LogP contribution in [-0.4, -0.2) is 40.3 Å². The van der Waals surface area contributed by atoms with Crippen LogP contribution in [0.5, 0.6) is 5.75 Å². The third-order valence-corrected chi connectivity index (χ3v) is 6.80. The number of nitrogens with two attached hydrogens (primary N) is 1. The molecule has 0 bridgehead atoms. The summed E-state index contributed by atoms with van der Waals surface area (Å²) in [6.45, 7) is 1.59. The van der Waals surface area contributed by atoms with Gasteiger partial charge in [0.05, 0.1) is 17.0 Å². The molecule has 4 N–H and O–H groups in total. The van der Waals surface area contributed by atoms with E-state index in [1.165, 1.54) is 12.3 Å². The molecule has 1 aliphatic heterocycles. The Bertz CT molecular complexity index is 1790. The van der Waals surface area contributed by atoms with Gasteiger partial charge in [0.25, 0.3) is 0 Å². The van der Waals surface area contributed by atoms with Crippen LogP contribution < -0.4 is 11.1 Å². The van der Waals surface area contributed by atoms with E-state index in [0.717, 1.165) is 18.2 Å². The van der Waals surface area contributed by atoms with Crippen molar-refractivity contribution in [3.8, 4) is 17.3 Å². The Morgan fingerprint density at radius 3 is 2.79 bits per heavy atom. The fourth-order valence-electron chi connectivity index (χ4n) is 4.55. The minimum absolute atomic E-state index is 0.00709. The molecule has 6 rings (SSSR count). The van der Waals surface area contributed by atoms with Crippen molar-refractivity contribution in [3.63, 3.8) is 0 Å². The first kappa shape index (κ1) is 23.7. The zero-order valence-electron chi connectivity index (χ0n) is 19.6. The van der Waals surface area contributed by atoms with Crippen LogP contribution in [0, 0.1) is 11.6 Å². The minimum Gasteiger partial charge on any atom is -0.506 e. The van der Waals surface area contributed by atoms with Gasteiger partial charge in [-0.25, -0.2) is 28.7 Å². The third kappa shape index (κ3) is 3.60. The van der Waals surface area contributed by atoms with Gasteiger partial charge in [-0.05, 0) is 30.7 Å². The van der Waals surface area contributed by atoms with Gasteiger partial charge in [0, 0.05) is 37.3 Å². The van der Waals surface area contributed by atoms with E-state index in [1.807, 2.05) is 0 Å². The van der Waals surface area contributed by atoms with E-state index in [4.69, 9.17) is 17.3 Å². The van der Waals surface area contributed by atoms with E-state index >= 15 is 0 Å². The summed E-state index contributed by atoms with van der Waals surface area (Å²) in [5, 5.41) is 12.8. The fraction of sp³-hybridized carbons (Fsp3) is 0.120.